The van der Waals surface area contributed by atoms with Crippen LogP contribution in [0.3, 0.4) is 0 Å². The number of nitrogens with zero attached hydrogens (tertiary/aromatic N) is 2. The molecule has 0 atom stereocenters. The van der Waals surface area contributed by atoms with E-state index < -0.39 is 0 Å². The van der Waals surface area contributed by atoms with Crippen molar-refractivity contribution in [2.45, 2.75) is 6.92 Å². The second-order valence-corrected chi connectivity index (χ2v) is 3.20. The maximum absolute atomic E-state index is 12.9. The highest BCUT2D eigenvalue weighted by Gasteiger charge is 2.04. The largest absolute Gasteiger partial charge is 0.305 e. The second-order valence-electron chi connectivity index (χ2n) is 3.20. The number of halogens is 1. The van der Waals surface area contributed by atoms with Gasteiger partial charge in [-0.05, 0) is 18.2 Å². The Morgan fingerprint density at radius 1 is 1.47 bits per heavy atom. The normalized spacial score (nSPS) is 10.3. The van der Waals surface area contributed by atoms with Crippen molar-refractivity contribution < 1.29 is 9.18 Å². The fraction of sp³-hybridized carbons (Fsp3) is 0.0909. The van der Waals surface area contributed by atoms with Crippen LogP contribution in [0.4, 0.5) is 4.39 Å². The van der Waals surface area contributed by atoms with E-state index in [9.17, 15) is 9.18 Å². The predicted octanol–water partition coefficient (Wildman–Crippen LogP) is 2.21. The van der Waals surface area contributed by atoms with E-state index in [4.69, 9.17) is 0 Å². The van der Waals surface area contributed by atoms with Gasteiger partial charge in [0.15, 0.2) is 5.78 Å². The minimum Gasteiger partial charge on any atom is -0.305 e. The van der Waals surface area contributed by atoms with E-state index in [1.54, 1.807) is 22.9 Å². The van der Waals surface area contributed by atoms with E-state index in [2.05, 4.69) is 4.98 Å². The summed E-state index contributed by atoms with van der Waals surface area (Å²) < 4.78 is 14.5. The zero-order valence-electron chi connectivity index (χ0n) is 8.14. The van der Waals surface area contributed by atoms with Crippen molar-refractivity contribution in [2.75, 3.05) is 0 Å². The Kier molecular flexibility index (Phi) is 2.33. The minimum absolute atomic E-state index is 0.106. The van der Waals surface area contributed by atoms with Crippen LogP contribution in [0.15, 0.2) is 36.8 Å². The quantitative estimate of drug-likeness (QED) is 0.703. The number of carbonyl (C=O) groups excluding carboxylic acids is 1. The third-order valence-corrected chi connectivity index (χ3v) is 2.05. The molecule has 0 saturated heterocycles. The molecule has 4 heteroatoms. The summed E-state index contributed by atoms with van der Waals surface area (Å²) >= 11 is 0. The van der Waals surface area contributed by atoms with Gasteiger partial charge in [-0.15, -0.1) is 0 Å². The average Bonchev–Trinajstić information content (AvgIpc) is 2.66. The molecule has 0 bridgehead atoms. The number of carbonyl (C=O) groups is 1. The summed E-state index contributed by atoms with van der Waals surface area (Å²) in [5.74, 6) is -0.421. The molecule has 76 valence electrons. The van der Waals surface area contributed by atoms with Crippen molar-refractivity contribution >= 4 is 5.78 Å². The number of aromatic nitrogens is 2. The summed E-state index contributed by atoms with van der Waals surface area (Å²) in [4.78, 5) is 14.9. The summed E-state index contributed by atoms with van der Waals surface area (Å²) in [5, 5.41) is 0. The lowest BCUT2D eigenvalue weighted by Crippen LogP contribution is -1.92. The lowest BCUT2D eigenvalue weighted by molar-refractivity contribution is 0.101. The molecule has 2 aromatic rings. The van der Waals surface area contributed by atoms with Crippen LogP contribution >= 0.6 is 0 Å². The van der Waals surface area contributed by atoms with Crippen molar-refractivity contribution in [3.8, 4) is 5.69 Å². The van der Waals surface area contributed by atoms with E-state index in [-0.39, 0.29) is 11.6 Å². The summed E-state index contributed by atoms with van der Waals surface area (Å²) in [5.41, 5.74) is 1.02. The first-order valence-electron chi connectivity index (χ1n) is 4.47. The number of Topliss-reactive ketones (excluding diaryl/α,β-unsaturated/α-hetero) is 1. The summed E-state index contributed by atoms with van der Waals surface area (Å²) in [6.45, 7) is 1.44. The molecule has 0 aliphatic rings. The molecule has 0 fully saturated rings. The third-order valence-electron chi connectivity index (χ3n) is 2.05. The van der Waals surface area contributed by atoms with Crippen molar-refractivity contribution in [3.63, 3.8) is 0 Å². The van der Waals surface area contributed by atoms with Crippen molar-refractivity contribution in [2.24, 2.45) is 0 Å². The molecular formula is C11H9FN2O. The van der Waals surface area contributed by atoms with E-state index in [0.717, 1.165) is 0 Å². The van der Waals surface area contributed by atoms with Crippen LogP contribution in [0.25, 0.3) is 5.69 Å². The van der Waals surface area contributed by atoms with Gasteiger partial charge in [-0.25, -0.2) is 9.37 Å². The lowest BCUT2D eigenvalue weighted by atomic mass is 10.3. The average molecular weight is 204 g/mol. The van der Waals surface area contributed by atoms with Gasteiger partial charge in [-0.1, -0.05) is 6.07 Å². The summed E-state index contributed by atoms with van der Waals surface area (Å²) in [7, 11) is 0. The fourth-order valence-electron chi connectivity index (χ4n) is 1.28. The Balaban J connectivity index is 2.41. The first-order valence-corrected chi connectivity index (χ1v) is 4.47. The van der Waals surface area contributed by atoms with Gasteiger partial charge >= 0.3 is 0 Å². The van der Waals surface area contributed by atoms with Crippen LogP contribution in [-0.4, -0.2) is 15.3 Å². The van der Waals surface area contributed by atoms with Crippen LogP contribution in [0.2, 0.25) is 0 Å². The number of ketones is 1. The van der Waals surface area contributed by atoms with Crippen LogP contribution < -0.4 is 0 Å². The van der Waals surface area contributed by atoms with Gasteiger partial charge in [-0.2, -0.15) is 0 Å². The Morgan fingerprint density at radius 3 is 2.87 bits per heavy atom. The third kappa shape index (κ3) is 1.93. The Hall–Kier alpha value is -1.97. The van der Waals surface area contributed by atoms with Gasteiger partial charge in [0, 0.05) is 18.8 Å². The molecule has 0 aliphatic carbocycles. The number of benzene rings is 1. The molecule has 15 heavy (non-hydrogen) atoms. The van der Waals surface area contributed by atoms with Gasteiger partial charge in [0.05, 0.1) is 0 Å². The first kappa shape index (κ1) is 9.58. The molecule has 1 heterocycles. The van der Waals surface area contributed by atoms with Gasteiger partial charge in [0.25, 0.3) is 0 Å². The highest BCUT2D eigenvalue weighted by molar-refractivity contribution is 5.91. The summed E-state index contributed by atoms with van der Waals surface area (Å²) in [6.07, 6.45) is 3.07. The van der Waals surface area contributed by atoms with Gasteiger partial charge in [0.1, 0.15) is 17.8 Å². The molecule has 1 aromatic carbocycles. The maximum Gasteiger partial charge on any atom is 0.179 e. The molecule has 0 radical (unpaired) electrons. The first-order chi connectivity index (χ1) is 7.16. The molecule has 0 saturated carbocycles. The van der Waals surface area contributed by atoms with Crippen molar-refractivity contribution in [1.29, 1.82) is 0 Å². The highest BCUT2D eigenvalue weighted by Crippen LogP contribution is 2.10. The highest BCUT2D eigenvalue weighted by atomic mass is 19.1. The molecule has 0 aliphatic heterocycles. The van der Waals surface area contributed by atoms with Gasteiger partial charge in [-0.3, -0.25) is 4.79 Å². The Labute approximate surface area is 86.2 Å². The van der Waals surface area contributed by atoms with Crippen molar-refractivity contribution in [1.82, 2.24) is 9.55 Å². The Bertz CT molecular complexity index is 505. The van der Waals surface area contributed by atoms with Crippen LogP contribution in [0.5, 0.6) is 0 Å². The van der Waals surface area contributed by atoms with Crippen molar-refractivity contribution in [3.05, 3.63) is 48.3 Å². The van der Waals surface area contributed by atoms with Gasteiger partial charge < -0.3 is 4.57 Å². The molecule has 0 spiro atoms. The molecule has 1 aromatic heterocycles. The maximum atomic E-state index is 12.9. The SMILES string of the molecule is CC(=O)c1cn(-c2cccc(F)c2)cn1. The predicted molar refractivity (Wildman–Crippen MR) is 53.5 cm³/mol. The molecule has 2 rings (SSSR count). The molecule has 3 nitrogen and oxygen atoms in total. The zero-order chi connectivity index (χ0) is 10.8. The topological polar surface area (TPSA) is 34.9 Å². The summed E-state index contributed by atoms with van der Waals surface area (Å²) in [6, 6.07) is 6.10. The minimum atomic E-state index is -0.314. The number of rotatable bonds is 2. The fourth-order valence-corrected chi connectivity index (χ4v) is 1.28. The number of hydrogen-bond acceptors (Lipinski definition) is 2. The van der Waals surface area contributed by atoms with E-state index in [1.807, 2.05) is 0 Å². The molecule has 0 amide bonds. The van der Waals surface area contributed by atoms with E-state index in [1.165, 1.54) is 25.4 Å². The lowest BCUT2D eigenvalue weighted by Gasteiger charge is -2.00. The van der Waals surface area contributed by atoms with E-state index in [0.29, 0.717) is 11.4 Å². The van der Waals surface area contributed by atoms with Gasteiger partial charge in [0.2, 0.25) is 0 Å². The smallest absolute Gasteiger partial charge is 0.179 e. The molecule has 0 unspecified atom stereocenters. The van der Waals surface area contributed by atoms with Crippen LogP contribution in [-0.2, 0) is 0 Å². The van der Waals surface area contributed by atoms with Crippen LogP contribution in [0, 0.1) is 5.82 Å². The standard InChI is InChI=1S/C11H9FN2O/c1-8(15)11-6-14(7-13-11)10-4-2-3-9(12)5-10/h2-7H,1H3. The Morgan fingerprint density at radius 2 is 2.27 bits per heavy atom. The molecule has 0 N–H and O–H groups in total. The number of hydrogen-bond donors (Lipinski definition) is 0. The van der Waals surface area contributed by atoms with Crippen LogP contribution in [0.1, 0.15) is 17.4 Å². The monoisotopic (exact) mass is 204 g/mol. The number of imidazole rings is 1. The molecular weight excluding hydrogens is 195 g/mol. The van der Waals surface area contributed by atoms with E-state index >= 15 is 0 Å². The zero-order valence-corrected chi connectivity index (χ0v) is 8.14. The second kappa shape index (κ2) is 3.65.